The molecule has 0 aromatic carbocycles. The molecular weight excluding hydrogens is 290 g/mol. The van der Waals surface area contributed by atoms with Crippen molar-refractivity contribution in [1.29, 1.82) is 0 Å². The van der Waals surface area contributed by atoms with Gasteiger partial charge in [0.1, 0.15) is 11.3 Å². The van der Waals surface area contributed by atoms with Crippen molar-refractivity contribution in [2.45, 2.75) is 25.0 Å². The Hall–Kier alpha value is -1.93. The highest BCUT2D eigenvalue weighted by Gasteiger charge is 2.35. The van der Waals surface area contributed by atoms with Crippen LogP contribution >= 0.6 is 11.6 Å². The van der Waals surface area contributed by atoms with Crippen molar-refractivity contribution in [1.82, 2.24) is 9.97 Å². The molecule has 0 aliphatic carbocycles. The number of halogens is 1. The van der Waals surface area contributed by atoms with Gasteiger partial charge in [-0.2, -0.15) is 4.98 Å². The molecule has 0 saturated carbocycles. The van der Waals surface area contributed by atoms with E-state index in [1.54, 1.807) is 0 Å². The maximum Gasteiger partial charge on any atom is 0.332 e. The molecule has 20 heavy (non-hydrogen) atoms. The number of carboxylic acid groups (broad SMARTS) is 1. The monoisotopic (exact) mass is 301 g/mol. The first kappa shape index (κ1) is 14.5. The Morgan fingerprint density at radius 3 is 2.75 bits per heavy atom. The predicted octanol–water partition coefficient (Wildman–Crippen LogP) is 0.709. The summed E-state index contributed by atoms with van der Waals surface area (Å²) in [5, 5.41) is 11.3. The van der Waals surface area contributed by atoms with Gasteiger partial charge in [-0.1, -0.05) is 11.6 Å². The summed E-state index contributed by atoms with van der Waals surface area (Å²) in [6.45, 7) is 0. The number of carbonyl (C=O) groups is 2. The molecule has 2 unspecified atom stereocenters. The Kier molecular flexibility index (Phi) is 4.35. The van der Waals surface area contributed by atoms with Gasteiger partial charge in [0.25, 0.3) is 5.91 Å². The molecule has 0 radical (unpaired) electrons. The smallest absolute Gasteiger partial charge is 0.332 e. The summed E-state index contributed by atoms with van der Waals surface area (Å²) in [4.78, 5) is 30.4. The Balaban J connectivity index is 2.02. The number of ether oxygens (including phenoxy) is 2. The van der Waals surface area contributed by atoms with Crippen LogP contribution in [0.2, 0.25) is 5.15 Å². The first-order chi connectivity index (χ1) is 9.49. The van der Waals surface area contributed by atoms with Gasteiger partial charge < -0.3 is 14.6 Å². The fourth-order valence-electron chi connectivity index (χ4n) is 1.76. The van der Waals surface area contributed by atoms with Gasteiger partial charge in [-0.25, -0.2) is 9.78 Å². The van der Waals surface area contributed by atoms with Gasteiger partial charge in [-0.3, -0.25) is 10.1 Å². The van der Waals surface area contributed by atoms with E-state index in [1.165, 1.54) is 13.2 Å². The summed E-state index contributed by atoms with van der Waals surface area (Å²) in [6, 6.07) is 1.39. The zero-order valence-electron chi connectivity index (χ0n) is 10.5. The standard InChI is InChI=1S/C11H12ClN3O5/c1-19-8-4-7(12)13-11(14-8)15-9(16)5-2-3-6(20-5)10(17)18/h4-6H,2-3H2,1H3,(H,17,18)(H,13,14,15,16). The molecule has 8 nitrogen and oxygen atoms in total. The van der Waals surface area contributed by atoms with Crippen LogP contribution < -0.4 is 10.1 Å². The van der Waals surface area contributed by atoms with Crippen LogP contribution in [0.25, 0.3) is 0 Å². The van der Waals surface area contributed by atoms with E-state index in [1.807, 2.05) is 0 Å². The summed E-state index contributed by atoms with van der Waals surface area (Å²) in [7, 11) is 1.40. The number of methoxy groups -OCH3 is 1. The fraction of sp³-hybridized carbons (Fsp3) is 0.455. The number of nitrogens with one attached hydrogen (secondary N) is 1. The van der Waals surface area contributed by atoms with E-state index in [4.69, 9.17) is 26.2 Å². The average molecular weight is 302 g/mol. The fourth-order valence-corrected chi connectivity index (χ4v) is 1.93. The van der Waals surface area contributed by atoms with Crippen molar-refractivity contribution in [3.8, 4) is 5.88 Å². The van der Waals surface area contributed by atoms with Gasteiger partial charge in [-0.05, 0) is 12.8 Å². The molecule has 0 bridgehead atoms. The Bertz CT molecular complexity index is 539. The van der Waals surface area contributed by atoms with Gasteiger partial charge >= 0.3 is 5.97 Å². The Morgan fingerprint density at radius 1 is 1.45 bits per heavy atom. The number of aliphatic carboxylic acids is 1. The summed E-state index contributed by atoms with van der Waals surface area (Å²) >= 11 is 5.75. The van der Waals surface area contributed by atoms with Crippen LogP contribution in [0.5, 0.6) is 5.88 Å². The number of carbonyl (C=O) groups excluding carboxylic acids is 1. The molecule has 108 valence electrons. The van der Waals surface area contributed by atoms with Gasteiger partial charge in [-0.15, -0.1) is 0 Å². The zero-order valence-corrected chi connectivity index (χ0v) is 11.3. The van der Waals surface area contributed by atoms with E-state index in [9.17, 15) is 9.59 Å². The lowest BCUT2D eigenvalue weighted by molar-refractivity contribution is -0.150. The van der Waals surface area contributed by atoms with Crippen LogP contribution in [0.1, 0.15) is 12.8 Å². The third-order valence-corrected chi connectivity index (χ3v) is 2.90. The van der Waals surface area contributed by atoms with Crippen molar-refractivity contribution in [3.05, 3.63) is 11.2 Å². The second kappa shape index (κ2) is 6.02. The van der Waals surface area contributed by atoms with Gasteiger partial charge in [0.05, 0.1) is 7.11 Å². The highest BCUT2D eigenvalue weighted by molar-refractivity contribution is 6.29. The van der Waals surface area contributed by atoms with E-state index in [-0.39, 0.29) is 23.4 Å². The molecule has 1 fully saturated rings. The third-order valence-electron chi connectivity index (χ3n) is 2.70. The van der Waals surface area contributed by atoms with E-state index >= 15 is 0 Å². The lowest BCUT2D eigenvalue weighted by atomic mass is 10.2. The number of rotatable bonds is 4. The lowest BCUT2D eigenvalue weighted by Gasteiger charge is -2.11. The summed E-state index contributed by atoms with van der Waals surface area (Å²) in [5.74, 6) is -1.42. The molecule has 1 aliphatic heterocycles. The number of nitrogens with zero attached hydrogens (tertiary/aromatic N) is 2. The van der Waals surface area contributed by atoms with Gasteiger partial charge in [0, 0.05) is 6.07 Å². The number of carboxylic acids is 1. The minimum atomic E-state index is -1.08. The molecule has 1 aromatic rings. The number of anilines is 1. The first-order valence-electron chi connectivity index (χ1n) is 5.77. The van der Waals surface area contributed by atoms with E-state index in [2.05, 4.69) is 15.3 Å². The molecule has 2 atom stereocenters. The second-order valence-electron chi connectivity index (χ2n) is 4.07. The average Bonchev–Trinajstić information content (AvgIpc) is 2.87. The Labute approximate surface area is 119 Å². The zero-order chi connectivity index (χ0) is 14.7. The van der Waals surface area contributed by atoms with Crippen molar-refractivity contribution < 1.29 is 24.2 Å². The highest BCUT2D eigenvalue weighted by atomic mass is 35.5. The van der Waals surface area contributed by atoms with Crippen molar-refractivity contribution >= 4 is 29.4 Å². The summed E-state index contributed by atoms with van der Waals surface area (Å²) in [6.07, 6.45) is -1.20. The lowest BCUT2D eigenvalue weighted by Crippen LogP contribution is -2.30. The van der Waals surface area contributed by atoms with Crippen LogP contribution in [0.15, 0.2) is 6.07 Å². The van der Waals surface area contributed by atoms with Crippen molar-refractivity contribution in [3.63, 3.8) is 0 Å². The SMILES string of the molecule is COc1cc(Cl)nc(NC(=O)C2CCC(C(=O)O)O2)n1. The quantitative estimate of drug-likeness (QED) is 0.788. The van der Waals surface area contributed by atoms with Crippen molar-refractivity contribution in [2.24, 2.45) is 0 Å². The predicted molar refractivity (Wildman–Crippen MR) is 67.8 cm³/mol. The maximum atomic E-state index is 11.9. The van der Waals surface area contributed by atoms with E-state index in [0.717, 1.165) is 0 Å². The number of hydrogen-bond acceptors (Lipinski definition) is 6. The topological polar surface area (TPSA) is 111 Å². The number of amides is 1. The number of hydrogen-bond donors (Lipinski definition) is 2. The van der Waals surface area contributed by atoms with Crippen LogP contribution in [-0.4, -0.2) is 46.3 Å². The molecule has 1 saturated heterocycles. The molecule has 1 aromatic heterocycles. The van der Waals surface area contributed by atoms with Crippen LogP contribution in [-0.2, 0) is 14.3 Å². The summed E-state index contributed by atoms with van der Waals surface area (Å²) in [5.41, 5.74) is 0. The number of aromatic nitrogens is 2. The first-order valence-corrected chi connectivity index (χ1v) is 6.15. The Morgan fingerprint density at radius 2 is 2.15 bits per heavy atom. The van der Waals surface area contributed by atoms with Crippen LogP contribution in [0.4, 0.5) is 5.95 Å². The molecule has 0 spiro atoms. The normalized spacial score (nSPS) is 21.5. The minimum absolute atomic E-state index is 0.0262. The van der Waals surface area contributed by atoms with Gasteiger partial charge in [0.2, 0.25) is 11.8 Å². The minimum Gasteiger partial charge on any atom is -0.481 e. The van der Waals surface area contributed by atoms with Crippen molar-refractivity contribution in [2.75, 3.05) is 12.4 Å². The second-order valence-corrected chi connectivity index (χ2v) is 4.46. The van der Waals surface area contributed by atoms with Gasteiger partial charge in [0.15, 0.2) is 6.10 Å². The molecule has 1 amide bonds. The summed E-state index contributed by atoms with van der Waals surface area (Å²) < 4.78 is 10.0. The molecule has 9 heteroatoms. The molecule has 2 N–H and O–H groups in total. The van der Waals surface area contributed by atoms with E-state index < -0.39 is 24.1 Å². The van der Waals surface area contributed by atoms with E-state index in [0.29, 0.717) is 6.42 Å². The maximum absolute atomic E-state index is 11.9. The molecule has 1 aliphatic rings. The molecular formula is C11H12ClN3O5. The highest BCUT2D eigenvalue weighted by Crippen LogP contribution is 2.22. The van der Waals surface area contributed by atoms with Crippen LogP contribution in [0.3, 0.4) is 0 Å². The van der Waals surface area contributed by atoms with Crippen LogP contribution in [0, 0.1) is 0 Å². The largest absolute Gasteiger partial charge is 0.481 e. The molecule has 2 heterocycles. The molecule has 2 rings (SSSR count). The third kappa shape index (κ3) is 3.34.